The summed E-state index contributed by atoms with van der Waals surface area (Å²) >= 11 is 0. The van der Waals surface area contributed by atoms with E-state index in [2.05, 4.69) is 0 Å². The molecule has 1 atom stereocenters. The first-order valence-corrected chi connectivity index (χ1v) is 6.08. The number of ether oxygens (including phenoxy) is 1. The van der Waals surface area contributed by atoms with Crippen molar-refractivity contribution in [3.8, 4) is 0 Å². The second-order valence-electron chi connectivity index (χ2n) is 5.29. The molecule has 0 aromatic rings. The van der Waals surface area contributed by atoms with Gasteiger partial charge >= 0.3 is 0 Å². The number of hydrogen-bond donors (Lipinski definition) is 1. The van der Waals surface area contributed by atoms with Crippen molar-refractivity contribution >= 4 is 5.91 Å². The zero-order valence-corrected chi connectivity index (χ0v) is 10.7. The maximum absolute atomic E-state index is 11.9. The zero-order valence-electron chi connectivity index (χ0n) is 10.7. The quantitative estimate of drug-likeness (QED) is 0.785. The fourth-order valence-electron chi connectivity index (χ4n) is 1.96. The average Bonchev–Trinajstić information content (AvgIpc) is 2.15. The first kappa shape index (κ1) is 13.5. The lowest BCUT2D eigenvalue weighted by atomic mass is 10.1. The van der Waals surface area contributed by atoms with Gasteiger partial charge in [-0.3, -0.25) is 4.79 Å². The van der Waals surface area contributed by atoms with Crippen molar-refractivity contribution < 1.29 is 9.53 Å². The van der Waals surface area contributed by atoms with E-state index in [1.54, 1.807) is 0 Å². The van der Waals surface area contributed by atoms with E-state index in [1.165, 1.54) is 0 Å². The largest absolute Gasteiger partial charge is 0.372 e. The lowest BCUT2D eigenvalue weighted by Crippen LogP contribution is -2.50. The average molecular weight is 228 g/mol. The van der Waals surface area contributed by atoms with Crippen LogP contribution in [0.15, 0.2) is 0 Å². The maximum atomic E-state index is 11.9. The molecule has 0 aromatic heterocycles. The van der Waals surface area contributed by atoms with E-state index < -0.39 is 0 Å². The van der Waals surface area contributed by atoms with Crippen molar-refractivity contribution in [3.63, 3.8) is 0 Å². The van der Waals surface area contributed by atoms with Crippen LogP contribution < -0.4 is 5.73 Å². The van der Waals surface area contributed by atoms with Crippen molar-refractivity contribution in [1.82, 2.24) is 4.90 Å². The van der Waals surface area contributed by atoms with Gasteiger partial charge in [-0.2, -0.15) is 0 Å². The van der Waals surface area contributed by atoms with Gasteiger partial charge in [0.05, 0.1) is 12.2 Å². The van der Waals surface area contributed by atoms with Gasteiger partial charge in [-0.25, -0.2) is 0 Å². The molecule has 0 spiro atoms. The van der Waals surface area contributed by atoms with E-state index in [0.29, 0.717) is 19.6 Å². The number of amides is 1. The van der Waals surface area contributed by atoms with Gasteiger partial charge in [0.1, 0.15) is 0 Å². The Hall–Kier alpha value is -0.610. The molecule has 16 heavy (non-hydrogen) atoms. The normalized spacial score (nSPS) is 21.9. The summed E-state index contributed by atoms with van der Waals surface area (Å²) in [4.78, 5) is 13.8. The lowest BCUT2D eigenvalue weighted by molar-refractivity contribution is -0.146. The molecule has 2 N–H and O–H groups in total. The van der Waals surface area contributed by atoms with Crippen molar-refractivity contribution in [2.75, 3.05) is 19.7 Å². The summed E-state index contributed by atoms with van der Waals surface area (Å²) in [7, 11) is 0. The predicted molar refractivity (Wildman–Crippen MR) is 64.1 cm³/mol. The summed E-state index contributed by atoms with van der Waals surface area (Å²) in [5, 5.41) is 0. The highest BCUT2D eigenvalue weighted by atomic mass is 16.5. The number of carbonyl (C=O) groups excluding carboxylic acids is 1. The summed E-state index contributed by atoms with van der Waals surface area (Å²) < 4.78 is 5.57. The molecule has 1 rings (SSSR count). The third-order valence-corrected chi connectivity index (χ3v) is 2.83. The summed E-state index contributed by atoms with van der Waals surface area (Å²) in [5.41, 5.74) is 5.46. The van der Waals surface area contributed by atoms with E-state index in [-0.39, 0.29) is 17.6 Å². The molecule has 94 valence electrons. The van der Waals surface area contributed by atoms with Crippen LogP contribution in [-0.2, 0) is 9.53 Å². The molecular weight excluding hydrogens is 204 g/mol. The standard InChI is InChI=1S/C12H24N2O2/c1-10(13)5-4-6-11(15)14-7-8-16-12(2,3)9-14/h10H,4-9,13H2,1-3H3. The molecule has 4 heteroatoms. The number of rotatable bonds is 4. The fourth-order valence-corrected chi connectivity index (χ4v) is 1.96. The van der Waals surface area contributed by atoms with Crippen molar-refractivity contribution in [2.45, 2.75) is 51.7 Å². The second-order valence-corrected chi connectivity index (χ2v) is 5.29. The van der Waals surface area contributed by atoms with Crippen molar-refractivity contribution in [1.29, 1.82) is 0 Å². The number of morpholine rings is 1. The van der Waals surface area contributed by atoms with E-state index >= 15 is 0 Å². The highest BCUT2D eigenvalue weighted by Crippen LogP contribution is 2.17. The third-order valence-electron chi connectivity index (χ3n) is 2.83. The number of nitrogens with two attached hydrogens (primary N) is 1. The Bertz CT molecular complexity index is 239. The van der Waals surface area contributed by atoms with Crippen LogP contribution in [0.4, 0.5) is 0 Å². The molecule has 1 saturated heterocycles. The van der Waals surface area contributed by atoms with Crippen molar-refractivity contribution in [3.05, 3.63) is 0 Å². The molecule has 1 amide bonds. The van der Waals surface area contributed by atoms with Crippen molar-refractivity contribution in [2.24, 2.45) is 5.73 Å². The van der Waals surface area contributed by atoms with Crippen LogP contribution in [0.25, 0.3) is 0 Å². The van der Waals surface area contributed by atoms with E-state index in [1.807, 2.05) is 25.7 Å². The lowest BCUT2D eigenvalue weighted by Gasteiger charge is -2.38. The Morgan fingerprint density at radius 2 is 2.25 bits per heavy atom. The predicted octanol–water partition coefficient (Wildman–Crippen LogP) is 1.14. The van der Waals surface area contributed by atoms with Gasteiger partial charge in [0, 0.05) is 25.6 Å². The van der Waals surface area contributed by atoms with E-state index in [0.717, 1.165) is 19.4 Å². The topological polar surface area (TPSA) is 55.6 Å². The Labute approximate surface area is 98.1 Å². The van der Waals surface area contributed by atoms with Crippen LogP contribution in [0.2, 0.25) is 0 Å². The van der Waals surface area contributed by atoms with Crippen LogP contribution in [-0.4, -0.2) is 42.1 Å². The first-order chi connectivity index (χ1) is 7.41. The molecule has 1 unspecified atom stereocenters. The number of nitrogens with zero attached hydrogens (tertiary/aromatic N) is 1. The van der Waals surface area contributed by atoms with Gasteiger partial charge in [0.25, 0.3) is 0 Å². The molecule has 0 radical (unpaired) electrons. The molecule has 1 fully saturated rings. The highest BCUT2D eigenvalue weighted by molar-refractivity contribution is 5.76. The van der Waals surface area contributed by atoms with Crippen LogP contribution in [0, 0.1) is 0 Å². The monoisotopic (exact) mass is 228 g/mol. The fraction of sp³-hybridized carbons (Fsp3) is 0.917. The molecule has 1 aliphatic heterocycles. The van der Waals surface area contributed by atoms with Crippen LogP contribution in [0.5, 0.6) is 0 Å². The molecule has 0 aliphatic carbocycles. The smallest absolute Gasteiger partial charge is 0.222 e. The van der Waals surface area contributed by atoms with Gasteiger partial charge in [-0.05, 0) is 33.6 Å². The zero-order chi connectivity index (χ0) is 12.2. The van der Waals surface area contributed by atoms with Gasteiger partial charge in [-0.1, -0.05) is 0 Å². The molecule has 4 nitrogen and oxygen atoms in total. The van der Waals surface area contributed by atoms with Gasteiger partial charge in [-0.15, -0.1) is 0 Å². The summed E-state index contributed by atoms with van der Waals surface area (Å²) in [6.07, 6.45) is 2.41. The van der Waals surface area contributed by atoms with Crippen LogP contribution >= 0.6 is 0 Å². The molecule has 0 saturated carbocycles. The SMILES string of the molecule is CC(N)CCCC(=O)N1CCOC(C)(C)C1. The maximum Gasteiger partial charge on any atom is 0.222 e. The third kappa shape index (κ3) is 4.49. The minimum Gasteiger partial charge on any atom is -0.372 e. The van der Waals surface area contributed by atoms with Gasteiger partial charge in [0.15, 0.2) is 0 Å². The Kier molecular flexibility index (Phi) is 4.74. The molecule has 1 aliphatic rings. The van der Waals surface area contributed by atoms with Gasteiger partial charge in [0.2, 0.25) is 5.91 Å². The number of carbonyl (C=O) groups is 1. The van der Waals surface area contributed by atoms with Gasteiger partial charge < -0.3 is 15.4 Å². The summed E-state index contributed by atoms with van der Waals surface area (Å²) in [5.74, 6) is 0.233. The molecular formula is C12H24N2O2. The summed E-state index contributed by atoms with van der Waals surface area (Å²) in [6.45, 7) is 8.08. The van der Waals surface area contributed by atoms with E-state index in [9.17, 15) is 4.79 Å². The van der Waals surface area contributed by atoms with Crippen LogP contribution in [0.1, 0.15) is 40.0 Å². The first-order valence-electron chi connectivity index (χ1n) is 6.08. The second kappa shape index (κ2) is 5.64. The number of hydrogen-bond acceptors (Lipinski definition) is 3. The molecule has 0 aromatic carbocycles. The Morgan fingerprint density at radius 3 is 2.81 bits per heavy atom. The Balaban J connectivity index is 2.31. The summed E-state index contributed by atoms with van der Waals surface area (Å²) in [6, 6.07) is 0.189. The minimum atomic E-state index is -0.199. The molecule has 0 bridgehead atoms. The minimum absolute atomic E-state index is 0.189. The molecule has 1 heterocycles. The highest BCUT2D eigenvalue weighted by Gasteiger charge is 2.29. The van der Waals surface area contributed by atoms with Crippen LogP contribution in [0.3, 0.4) is 0 Å². The van der Waals surface area contributed by atoms with E-state index in [4.69, 9.17) is 10.5 Å². The Morgan fingerprint density at radius 1 is 1.56 bits per heavy atom.